The first-order valence-corrected chi connectivity index (χ1v) is 8.37. The van der Waals surface area contributed by atoms with Crippen LogP contribution in [-0.2, 0) is 11.8 Å². The Morgan fingerprint density at radius 3 is 3.05 bits per heavy atom. The fraction of sp³-hybridized carbons (Fsp3) is 0.579. The summed E-state index contributed by atoms with van der Waals surface area (Å²) in [6.07, 6.45) is 8.58. The second-order valence-corrected chi connectivity index (χ2v) is 7.35. The second-order valence-electron chi connectivity index (χ2n) is 7.35. The third kappa shape index (κ3) is 1.88. The molecule has 0 aromatic heterocycles. The number of hydrogen-bond donors (Lipinski definition) is 1. The Bertz CT molecular complexity index is 593. The normalized spacial score (nSPS) is 37.3. The molecule has 0 radical (unpaired) electrons. The van der Waals surface area contributed by atoms with E-state index in [2.05, 4.69) is 37.0 Å². The molecule has 2 bridgehead atoms. The van der Waals surface area contributed by atoms with Crippen molar-refractivity contribution >= 4 is 0 Å². The van der Waals surface area contributed by atoms with Gasteiger partial charge in [0, 0.05) is 18.0 Å². The first-order chi connectivity index (χ1) is 10.1. The SMILES string of the molecule is CCCN1CC2C=C[C@@]3(C)c4cc(O)ccc4CC1C3C2. The molecule has 1 saturated heterocycles. The van der Waals surface area contributed by atoms with Crippen molar-refractivity contribution in [3.63, 3.8) is 0 Å². The van der Waals surface area contributed by atoms with E-state index < -0.39 is 0 Å². The number of benzene rings is 1. The lowest BCUT2D eigenvalue weighted by Gasteiger charge is -2.56. The van der Waals surface area contributed by atoms with Crippen molar-refractivity contribution in [3.8, 4) is 5.75 Å². The maximum atomic E-state index is 9.93. The van der Waals surface area contributed by atoms with Gasteiger partial charge >= 0.3 is 0 Å². The summed E-state index contributed by atoms with van der Waals surface area (Å²) in [7, 11) is 0. The molecule has 1 heterocycles. The first-order valence-electron chi connectivity index (χ1n) is 8.37. The lowest BCUT2D eigenvalue weighted by Crippen LogP contribution is -2.59. The molecule has 1 aliphatic heterocycles. The van der Waals surface area contributed by atoms with Gasteiger partial charge in [-0.2, -0.15) is 0 Å². The average molecular weight is 283 g/mol. The van der Waals surface area contributed by atoms with E-state index in [9.17, 15) is 5.11 Å². The van der Waals surface area contributed by atoms with Gasteiger partial charge in [0.1, 0.15) is 5.75 Å². The fourth-order valence-electron chi connectivity index (χ4n) is 5.07. The van der Waals surface area contributed by atoms with Gasteiger partial charge in [-0.25, -0.2) is 0 Å². The number of likely N-dealkylation sites (tertiary alicyclic amines) is 1. The predicted molar refractivity (Wildman–Crippen MR) is 85.6 cm³/mol. The summed E-state index contributed by atoms with van der Waals surface area (Å²) in [6, 6.07) is 6.68. The molecule has 3 unspecified atom stereocenters. The van der Waals surface area contributed by atoms with Gasteiger partial charge in [0.2, 0.25) is 0 Å². The van der Waals surface area contributed by atoms with Crippen LogP contribution in [-0.4, -0.2) is 29.1 Å². The van der Waals surface area contributed by atoms with Crippen molar-refractivity contribution in [2.45, 2.75) is 44.6 Å². The molecule has 2 heteroatoms. The Kier molecular flexibility index (Phi) is 2.94. The van der Waals surface area contributed by atoms with E-state index in [4.69, 9.17) is 0 Å². The highest BCUT2D eigenvalue weighted by atomic mass is 16.3. The molecule has 2 aliphatic carbocycles. The number of fused-ring (bicyclic) bond motifs is 3. The van der Waals surface area contributed by atoms with Gasteiger partial charge in [-0.05, 0) is 60.9 Å². The van der Waals surface area contributed by atoms with Crippen LogP contribution in [0.3, 0.4) is 0 Å². The number of phenolic OH excluding ortho intramolecular Hbond substituents is 1. The van der Waals surface area contributed by atoms with Gasteiger partial charge < -0.3 is 5.11 Å². The molecule has 0 amide bonds. The molecular formula is C19H25NO. The molecule has 1 aromatic carbocycles. The van der Waals surface area contributed by atoms with Crippen LogP contribution in [0.4, 0.5) is 0 Å². The quantitative estimate of drug-likeness (QED) is 0.840. The topological polar surface area (TPSA) is 23.5 Å². The van der Waals surface area contributed by atoms with Crippen molar-refractivity contribution in [1.29, 1.82) is 0 Å². The zero-order valence-corrected chi connectivity index (χ0v) is 13.0. The Balaban J connectivity index is 1.85. The maximum Gasteiger partial charge on any atom is 0.115 e. The molecule has 1 aromatic rings. The van der Waals surface area contributed by atoms with Gasteiger partial charge in [-0.1, -0.05) is 32.1 Å². The highest BCUT2D eigenvalue weighted by Gasteiger charge is 2.50. The first kappa shape index (κ1) is 13.4. The van der Waals surface area contributed by atoms with Gasteiger partial charge in [0.25, 0.3) is 0 Å². The van der Waals surface area contributed by atoms with E-state index in [1.54, 1.807) is 0 Å². The number of rotatable bonds is 2. The third-order valence-corrected chi connectivity index (χ3v) is 6.06. The van der Waals surface area contributed by atoms with E-state index >= 15 is 0 Å². The van der Waals surface area contributed by atoms with Crippen LogP contribution in [0.15, 0.2) is 30.4 Å². The van der Waals surface area contributed by atoms with Gasteiger partial charge in [-0.3, -0.25) is 4.90 Å². The van der Waals surface area contributed by atoms with Crippen LogP contribution in [0, 0.1) is 11.8 Å². The van der Waals surface area contributed by atoms with Crippen LogP contribution in [0.25, 0.3) is 0 Å². The lowest BCUT2D eigenvalue weighted by atomic mass is 9.55. The molecule has 112 valence electrons. The van der Waals surface area contributed by atoms with E-state index in [0.29, 0.717) is 17.7 Å². The highest BCUT2D eigenvalue weighted by molar-refractivity contribution is 5.47. The average Bonchev–Trinajstić information content (AvgIpc) is 2.48. The van der Waals surface area contributed by atoms with Crippen molar-refractivity contribution in [1.82, 2.24) is 4.90 Å². The summed E-state index contributed by atoms with van der Waals surface area (Å²) in [5.74, 6) is 1.83. The molecule has 21 heavy (non-hydrogen) atoms. The number of aromatic hydroxyl groups is 1. The number of allylic oxidation sites excluding steroid dienone is 1. The summed E-state index contributed by atoms with van der Waals surface area (Å²) >= 11 is 0. The molecule has 1 fully saturated rings. The van der Waals surface area contributed by atoms with Crippen LogP contribution in [0.1, 0.15) is 37.8 Å². The minimum atomic E-state index is 0.0971. The third-order valence-electron chi connectivity index (χ3n) is 6.06. The summed E-state index contributed by atoms with van der Waals surface area (Å²) in [6.45, 7) is 7.11. The molecule has 1 N–H and O–H groups in total. The molecule has 0 spiro atoms. The summed E-state index contributed by atoms with van der Waals surface area (Å²) in [5.41, 5.74) is 2.89. The van der Waals surface area contributed by atoms with E-state index in [1.165, 1.54) is 37.1 Å². The number of piperidine rings is 1. The molecule has 2 nitrogen and oxygen atoms in total. The van der Waals surface area contributed by atoms with E-state index in [1.807, 2.05) is 12.1 Å². The monoisotopic (exact) mass is 283 g/mol. The summed E-state index contributed by atoms with van der Waals surface area (Å²) in [5, 5.41) is 9.93. The number of nitrogens with zero attached hydrogens (tertiary/aromatic N) is 1. The minimum absolute atomic E-state index is 0.0971. The van der Waals surface area contributed by atoms with Crippen molar-refractivity contribution < 1.29 is 5.11 Å². The van der Waals surface area contributed by atoms with Gasteiger partial charge in [-0.15, -0.1) is 0 Å². The van der Waals surface area contributed by atoms with E-state index in [0.717, 1.165) is 12.3 Å². The second kappa shape index (κ2) is 4.61. The standard InChI is InChI=1S/C19H25NO/c1-3-8-20-12-13-6-7-19(2)16-11-15(21)5-4-14(16)10-18(20)17(19)9-13/h4-7,11,13,17-18,21H,3,8-10,12H2,1-2H3/t13?,17?,18?,19-/m0/s1. The number of hydrogen-bond acceptors (Lipinski definition) is 2. The Labute approximate surface area is 127 Å². The largest absolute Gasteiger partial charge is 0.508 e. The van der Waals surface area contributed by atoms with Crippen molar-refractivity contribution in [2.24, 2.45) is 11.8 Å². The molecular weight excluding hydrogens is 258 g/mol. The molecule has 4 atom stereocenters. The Hall–Kier alpha value is -1.28. The summed E-state index contributed by atoms with van der Waals surface area (Å²) in [4.78, 5) is 2.73. The van der Waals surface area contributed by atoms with Crippen LogP contribution >= 0.6 is 0 Å². The number of phenols is 1. The lowest BCUT2D eigenvalue weighted by molar-refractivity contribution is 0.0244. The van der Waals surface area contributed by atoms with Crippen molar-refractivity contribution in [2.75, 3.05) is 13.1 Å². The van der Waals surface area contributed by atoms with Crippen LogP contribution < -0.4 is 0 Å². The van der Waals surface area contributed by atoms with Crippen LogP contribution in [0.5, 0.6) is 5.75 Å². The van der Waals surface area contributed by atoms with Gasteiger partial charge in [0.15, 0.2) is 0 Å². The zero-order valence-electron chi connectivity index (χ0n) is 13.0. The molecule has 4 rings (SSSR count). The van der Waals surface area contributed by atoms with Crippen molar-refractivity contribution in [3.05, 3.63) is 41.5 Å². The van der Waals surface area contributed by atoms with Gasteiger partial charge in [0.05, 0.1) is 0 Å². The maximum absolute atomic E-state index is 9.93. The Morgan fingerprint density at radius 2 is 2.24 bits per heavy atom. The van der Waals surface area contributed by atoms with E-state index in [-0.39, 0.29) is 5.41 Å². The zero-order chi connectivity index (χ0) is 14.6. The smallest absolute Gasteiger partial charge is 0.115 e. The molecule has 0 saturated carbocycles. The van der Waals surface area contributed by atoms with Crippen LogP contribution in [0.2, 0.25) is 0 Å². The predicted octanol–water partition coefficient (Wildman–Crippen LogP) is 3.49. The fourth-order valence-corrected chi connectivity index (χ4v) is 5.07. The molecule has 3 aliphatic rings. The minimum Gasteiger partial charge on any atom is -0.508 e. The summed E-state index contributed by atoms with van der Waals surface area (Å²) < 4.78 is 0. The highest BCUT2D eigenvalue weighted by Crippen LogP contribution is 2.52. The Morgan fingerprint density at radius 1 is 1.38 bits per heavy atom.